The predicted octanol–water partition coefficient (Wildman–Crippen LogP) is 1.02. The lowest BCUT2D eigenvalue weighted by Gasteiger charge is -2.29. The van der Waals surface area contributed by atoms with Crippen molar-refractivity contribution in [1.82, 2.24) is 24.9 Å². The molecule has 0 radical (unpaired) electrons. The van der Waals surface area contributed by atoms with Crippen molar-refractivity contribution in [3.05, 3.63) is 35.8 Å². The molecule has 1 saturated heterocycles. The Morgan fingerprint density at radius 3 is 2.42 bits per heavy atom. The van der Waals surface area contributed by atoms with Gasteiger partial charge in [-0.2, -0.15) is 13.2 Å². The van der Waals surface area contributed by atoms with Crippen LogP contribution in [0.5, 0.6) is 0 Å². The molecule has 138 valence electrons. The molecule has 2 aromatic heterocycles. The number of pyridine rings is 1. The van der Waals surface area contributed by atoms with Crippen molar-refractivity contribution in [2.45, 2.75) is 19.0 Å². The Morgan fingerprint density at radius 1 is 1.19 bits per heavy atom. The molecule has 11 heteroatoms. The van der Waals surface area contributed by atoms with Crippen LogP contribution in [0.25, 0.3) is 5.82 Å². The molecular formula is C15H15F3N6O2. The van der Waals surface area contributed by atoms with Gasteiger partial charge in [-0.3, -0.25) is 9.59 Å². The highest BCUT2D eigenvalue weighted by Crippen LogP contribution is 2.28. The standard InChI is InChI=1S/C15H15F3N6O2/c16-15(17,18)10-1-2-12(20-7-10)24-8-11(21-22-24)14(26)23-5-3-9(4-6-23)13(19)25/h1-2,7-9H,3-6H2,(H2,19,25). The van der Waals surface area contributed by atoms with E-state index in [2.05, 4.69) is 15.3 Å². The van der Waals surface area contributed by atoms with Crippen molar-refractivity contribution in [2.75, 3.05) is 13.1 Å². The van der Waals surface area contributed by atoms with Gasteiger partial charge in [-0.1, -0.05) is 5.21 Å². The van der Waals surface area contributed by atoms with E-state index in [4.69, 9.17) is 5.73 Å². The maximum atomic E-state index is 12.6. The summed E-state index contributed by atoms with van der Waals surface area (Å²) in [6.45, 7) is 0.746. The van der Waals surface area contributed by atoms with Crippen LogP contribution in [0, 0.1) is 5.92 Å². The monoisotopic (exact) mass is 368 g/mol. The molecule has 0 atom stereocenters. The largest absolute Gasteiger partial charge is 0.417 e. The van der Waals surface area contributed by atoms with Crippen molar-refractivity contribution >= 4 is 11.8 Å². The molecule has 3 rings (SSSR count). The molecule has 1 aliphatic heterocycles. The molecule has 0 spiro atoms. The van der Waals surface area contributed by atoms with Gasteiger partial charge < -0.3 is 10.6 Å². The number of alkyl halides is 3. The highest BCUT2D eigenvalue weighted by atomic mass is 19.4. The average Bonchev–Trinajstić information content (AvgIpc) is 3.10. The number of nitrogens with two attached hydrogens (primary N) is 1. The van der Waals surface area contributed by atoms with Crippen LogP contribution in [-0.4, -0.2) is 49.8 Å². The fourth-order valence-electron chi connectivity index (χ4n) is 2.69. The summed E-state index contributed by atoms with van der Waals surface area (Å²) in [5.74, 6) is -0.884. The molecule has 0 saturated carbocycles. The van der Waals surface area contributed by atoms with Crippen LogP contribution in [0.1, 0.15) is 28.9 Å². The number of hydrogen-bond donors (Lipinski definition) is 1. The molecule has 0 aliphatic carbocycles. The summed E-state index contributed by atoms with van der Waals surface area (Å²) in [7, 11) is 0. The van der Waals surface area contributed by atoms with E-state index in [1.54, 1.807) is 0 Å². The Balaban J connectivity index is 1.70. The summed E-state index contributed by atoms with van der Waals surface area (Å²) in [5, 5.41) is 7.50. The van der Waals surface area contributed by atoms with Gasteiger partial charge in [-0.15, -0.1) is 5.10 Å². The predicted molar refractivity (Wildman–Crippen MR) is 82.0 cm³/mol. The third-order valence-corrected chi connectivity index (χ3v) is 4.21. The van der Waals surface area contributed by atoms with E-state index in [-0.39, 0.29) is 29.2 Å². The summed E-state index contributed by atoms with van der Waals surface area (Å²) < 4.78 is 38.8. The smallest absolute Gasteiger partial charge is 0.369 e. The maximum Gasteiger partial charge on any atom is 0.417 e. The van der Waals surface area contributed by atoms with E-state index in [0.29, 0.717) is 32.1 Å². The molecule has 2 aromatic rings. The number of rotatable bonds is 3. The minimum atomic E-state index is -4.48. The second-order valence-electron chi connectivity index (χ2n) is 5.92. The first-order valence-electron chi connectivity index (χ1n) is 7.80. The molecular weight excluding hydrogens is 353 g/mol. The lowest BCUT2D eigenvalue weighted by molar-refractivity contribution is -0.137. The van der Waals surface area contributed by atoms with Gasteiger partial charge >= 0.3 is 6.18 Å². The third kappa shape index (κ3) is 3.65. The Bertz CT molecular complexity index is 810. The number of carbonyl (C=O) groups is 2. The van der Waals surface area contributed by atoms with Gasteiger partial charge in [0, 0.05) is 25.2 Å². The Labute approximate surface area is 145 Å². The van der Waals surface area contributed by atoms with Crippen molar-refractivity contribution in [2.24, 2.45) is 11.7 Å². The molecule has 3 heterocycles. The van der Waals surface area contributed by atoms with Gasteiger partial charge in [0.1, 0.15) is 0 Å². The molecule has 2 N–H and O–H groups in total. The van der Waals surface area contributed by atoms with Crippen LogP contribution in [0.2, 0.25) is 0 Å². The number of carbonyl (C=O) groups excluding carboxylic acids is 2. The number of piperidine rings is 1. The van der Waals surface area contributed by atoms with Gasteiger partial charge in [-0.05, 0) is 25.0 Å². The lowest BCUT2D eigenvalue weighted by atomic mass is 9.96. The zero-order chi connectivity index (χ0) is 18.9. The summed E-state index contributed by atoms with van der Waals surface area (Å²) >= 11 is 0. The van der Waals surface area contributed by atoms with Gasteiger partial charge in [-0.25, -0.2) is 9.67 Å². The Hall–Kier alpha value is -2.98. The average molecular weight is 368 g/mol. The molecule has 0 aromatic carbocycles. The van der Waals surface area contributed by atoms with Crippen molar-refractivity contribution < 1.29 is 22.8 Å². The fourth-order valence-corrected chi connectivity index (χ4v) is 2.69. The molecule has 1 aliphatic rings. The molecule has 1 fully saturated rings. The van der Waals surface area contributed by atoms with Gasteiger partial charge in [0.2, 0.25) is 5.91 Å². The fraction of sp³-hybridized carbons (Fsp3) is 0.400. The molecule has 0 unspecified atom stereocenters. The van der Waals surface area contributed by atoms with Crippen LogP contribution in [0.4, 0.5) is 13.2 Å². The van der Waals surface area contributed by atoms with Crippen LogP contribution in [0.15, 0.2) is 24.5 Å². The quantitative estimate of drug-likeness (QED) is 0.870. The van der Waals surface area contributed by atoms with Gasteiger partial charge in [0.05, 0.1) is 11.8 Å². The number of halogens is 3. The van der Waals surface area contributed by atoms with Crippen molar-refractivity contribution in [3.8, 4) is 5.82 Å². The van der Waals surface area contributed by atoms with E-state index in [1.165, 1.54) is 11.1 Å². The van der Waals surface area contributed by atoms with E-state index < -0.39 is 11.7 Å². The van der Waals surface area contributed by atoms with E-state index in [9.17, 15) is 22.8 Å². The van der Waals surface area contributed by atoms with Crippen LogP contribution < -0.4 is 5.73 Å². The number of nitrogens with zero attached hydrogens (tertiary/aromatic N) is 5. The molecule has 26 heavy (non-hydrogen) atoms. The van der Waals surface area contributed by atoms with E-state index in [1.807, 2.05) is 0 Å². The Kier molecular flexibility index (Phi) is 4.62. The van der Waals surface area contributed by atoms with Gasteiger partial charge in [0.15, 0.2) is 11.5 Å². The molecule has 2 amide bonds. The topological polar surface area (TPSA) is 107 Å². The number of aromatic nitrogens is 4. The van der Waals surface area contributed by atoms with Gasteiger partial charge in [0.25, 0.3) is 5.91 Å². The first-order chi connectivity index (χ1) is 12.3. The van der Waals surface area contributed by atoms with E-state index >= 15 is 0 Å². The summed E-state index contributed by atoms with van der Waals surface area (Å²) in [4.78, 5) is 28.8. The highest BCUT2D eigenvalue weighted by Gasteiger charge is 2.31. The lowest BCUT2D eigenvalue weighted by Crippen LogP contribution is -2.41. The van der Waals surface area contributed by atoms with Crippen LogP contribution in [-0.2, 0) is 11.0 Å². The number of hydrogen-bond acceptors (Lipinski definition) is 5. The molecule has 0 bridgehead atoms. The minimum Gasteiger partial charge on any atom is -0.369 e. The van der Waals surface area contributed by atoms with Crippen LogP contribution >= 0.6 is 0 Å². The summed E-state index contributed by atoms with van der Waals surface area (Å²) in [6.07, 6.45) is -1.53. The Morgan fingerprint density at radius 2 is 1.88 bits per heavy atom. The number of amides is 2. The summed E-state index contributed by atoms with van der Waals surface area (Å²) in [5.41, 5.74) is 4.43. The minimum absolute atomic E-state index is 0.0456. The zero-order valence-electron chi connectivity index (χ0n) is 13.5. The second kappa shape index (κ2) is 6.73. The van der Waals surface area contributed by atoms with Crippen molar-refractivity contribution in [3.63, 3.8) is 0 Å². The van der Waals surface area contributed by atoms with Crippen LogP contribution in [0.3, 0.4) is 0 Å². The normalized spacial score (nSPS) is 15.9. The zero-order valence-corrected chi connectivity index (χ0v) is 13.5. The second-order valence-corrected chi connectivity index (χ2v) is 5.92. The number of likely N-dealkylation sites (tertiary alicyclic amines) is 1. The van der Waals surface area contributed by atoms with Crippen molar-refractivity contribution in [1.29, 1.82) is 0 Å². The highest BCUT2D eigenvalue weighted by molar-refractivity contribution is 5.92. The summed E-state index contributed by atoms with van der Waals surface area (Å²) in [6, 6.07) is 2.02. The first kappa shape index (κ1) is 17.8. The molecule has 8 nitrogen and oxygen atoms in total. The maximum absolute atomic E-state index is 12.6. The SMILES string of the molecule is NC(=O)C1CCN(C(=O)c2cn(-c3ccc(C(F)(F)F)cn3)nn2)CC1. The first-order valence-corrected chi connectivity index (χ1v) is 7.80. The van der Waals surface area contributed by atoms with E-state index in [0.717, 1.165) is 16.8 Å². The third-order valence-electron chi connectivity index (χ3n) is 4.21. The number of primary amides is 1.